The lowest BCUT2D eigenvalue weighted by molar-refractivity contribution is 0.0548. The molecular formula is C15H30O3Si. The maximum atomic E-state index is 5.96. The topological polar surface area (TPSA) is 27.7 Å². The molecule has 0 amide bonds. The molecule has 3 nitrogen and oxygen atoms in total. The van der Waals surface area contributed by atoms with Gasteiger partial charge in [0.15, 0.2) is 0 Å². The number of rotatable bonds is 10. The third kappa shape index (κ3) is 7.25. The number of hydrogen-bond acceptors (Lipinski definition) is 3. The van der Waals surface area contributed by atoms with Crippen molar-refractivity contribution in [2.75, 3.05) is 33.0 Å². The van der Waals surface area contributed by atoms with Gasteiger partial charge in [-0.25, -0.2) is 0 Å². The van der Waals surface area contributed by atoms with Crippen LogP contribution in [0.3, 0.4) is 0 Å². The van der Waals surface area contributed by atoms with Gasteiger partial charge in [0, 0.05) is 18.9 Å². The Morgan fingerprint density at radius 2 is 2.00 bits per heavy atom. The lowest BCUT2D eigenvalue weighted by atomic mass is 10.2. The summed E-state index contributed by atoms with van der Waals surface area (Å²) in [6, 6.07) is 1.30. The minimum absolute atomic E-state index is 0.567. The molecule has 0 aromatic rings. The largest absolute Gasteiger partial charge is 0.382 e. The first-order chi connectivity index (χ1) is 9.17. The molecule has 1 aliphatic rings. The Labute approximate surface area is 119 Å². The molecule has 0 saturated carbocycles. The van der Waals surface area contributed by atoms with E-state index in [0.29, 0.717) is 25.5 Å². The van der Waals surface area contributed by atoms with E-state index in [4.69, 9.17) is 14.2 Å². The molecule has 0 N–H and O–H groups in total. The van der Waals surface area contributed by atoms with Crippen molar-refractivity contribution in [1.29, 1.82) is 0 Å². The van der Waals surface area contributed by atoms with Crippen LogP contribution in [0.25, 0.3) is 0 Å². The standard InChI is InChI=1S/C15H30O3Si/c1-4-9-16-12-13-17-10-7-14-19(2,3)15-8-5-6-11-18-15/h4,15H,1,5-14H2,2-3H3. The maximum absolute atomic E-state index is 5.96. The summed E-state index contributed by atoms with van der Waals surface area (Å²) >= 11 is 0. The minimum Gasteiger partial charge on any atom is -0.382 e. The minimum atomic E-state index is -1.23. The SMILES string of the molecule is C=CCOCCOCCC[Si](C)(C)C1CCCCO1. The highest BCUT2D eigenvalue weighted by atomic mass is 28.3. The lowest BCUT2D eigenvalue weighted by Gasteiger charge is -2.35. The fourth-order valence-electron chi connectivity index (χ4n) is 2.53. The van der Waals surface area contributed by atoms with E-state index in [0.717, 1.165) is 19.6 Å². The predicted octanol–water partition coefficient (Wildman–Crippen LogP) is 3.41. The van der Waals surface area contributed by atoms with Crippen LogP contribution in [0.4, 0.5) is 0 Å². The molecule has 0 aromatic heterocycles. The summed E-state index contributed by atoms with van der Waals surface area (Å²) in [5, 5.41) is 0. The van der Waals surface area contributed by atoms with Gasteiger partial charge in [0.2, 0.25) is 0 Å². The van der Waals surface area contributed by atoms with Crippen LogP contribution in [-0.4, -0.2) is 46.8 Å². The summed E-state index contributed by atoms with van der Waals surface area (Å²) in [4.78, 5) is 0. The molecule has 0 spiro atoms. The average Bonchev–Trinajstić information content (AvgIpc) is 2.43. The molecule has 1 saturated heterocycles. The van der Waals surface area contributed by atoms with E-state index >= 15 is 0 Å². The van der Waals surface area contributed by atoms with Gasteiger partial charge in [0.25, 0.3) is 0 Å². The fourth-order valence-corrected chi connectivity index (χ4v) is 5.47. The summed E-state index contributed by atoms with van der Waals surface area (Å²) in [6.45, 7) is 12.3. The molecule has 1 heterocycles. The molecule has 0 bridgehead atoms. The molecule has 1 unspecified atom stereocenters. The smallest absolute Gasteiger partial charge is 0.0816 e. The summed E-state index contributed by atoms with van der Waals surface area (Å²) in [6.07, 6.45) is 6.78. The van der Waals surface area contributed by atoms with Crippen LogP contribution in [0.2, 0.25) is 19.1 Å². The van der Waals surface area contributed by atoms with Crippen LogP contribution in [0.5, 0.6) is 0 Å². The predicted molar refractivity (Wildman–Crippen MR) is 82.3 cm³/mol. The van der Waals surface area contributed by atoms with E-state index in [1.165, 1.54) is 25.3 Å². The molecule has 1 atom stereocenters. The zero-order valence-corrected chi connectivity index (χ0v) is 13.7. The van der Waals surface area contributed by atoms with Crippen LogP contribution >= 0.6 is 0 Å². The second kappa shape index (κ2) is 9.70. The van der Waals surface area contributed by atoms with Gasteiger partial charge in [0.1, 0.15) is 0 Å². The molecule has 4 heteroatoms. The van der Waals surface area contributed by atoms with Crippen LogP contribution in [0.1, 0.15) is 25.7 Å². The Morgan fingerprint density at radius 1 is 1.21 bits per heavy atom. The summed E-state index contributed by atoms with van der Waals surface area (Å²) < 4.78 is 16.8. The average molecular weight is 286 g/mol. The van der Waals surface area contributed by atoms with Crippen molar-refractivity contribution in [3.05, 3.63) is 12.7 Å². The van der Waals surface area contributed by atoms with Gasteiger partial charge in [-0.15, -0.1) is 6.58 Å². The second-order valence-electron chi connectivity index (χ2n) is 5.92. The highest BCUT2D eigenvalue weighted by Crippen LogP contribution is 2.26. The van der Waals surface area contributed by atoms with Gasteiger partial charge in [0.05, 0.1) is 27.9 Å². The van der Waals surface area contributed by atoms with Crippen molar-refractivity contribution in [3.63, 3.8) is 0 Å². The van der Waals surface area contributed by atoms with Crippen LogP contribution in [0.15, 0.2) is 12.7 Å². The quantitative estimate of drug-likeness (QED) is 0.350. The first kappa shape index (κ1) is 16.9. The Hall–Kier alpha value is -0.163. The van der Waals surface area contributed by atoms with E-state index < -0.39 is 8.07 Å². The Balaban J connectivity index is 2.02. The number of ether oxygens (including phenoxy) is 3. The zero-order chi connectivity index (χ0) is 14.0. The van der Waals surface area contributed by atoms with Crippen molar-refractivity contribution in [1.82, 2.24) is 0 Å². The third-order valence-corrected chi connectivity index (χ3v) is 7.61. The molecular weight excluding hydrogens is 256 g/mol. The number of hydrogen-bond donors (Lipinski definition) is 0. The van der Waals surface area contributed by atoms with E-state index in [-0.39, 0.29) is 0 Å². The molecule has 1 aliphatic heterocycles. The Bertz CT molecular complexity index is 238. The van der Waals surface area contributed by atoms with E-state index in [2.05, 4.69) is 19.7 Å². The van der Waals surface area contributed by atoms with Crippen molar-refractivity contribution in [2.45, 2.75) is 50.5 Å². The highest BCUT2D eigenvalue weighted by molar-refractivity contribution is 6.78. The van der Waals surface area contributed by atoms with Gasteiger partial charge in [-0.05, 0) is 25.7 Å². The first-order valence-electron chi connectivity index (χ1n) is 7.55. The highest BCUT2D eigenvalue weighted by Gasteiger charge is 2.33. The van der Waals surface area contributed by atoms with Crippen LogP contribution < -0.4 is 0 Å². The summed E-state index contributed by atoms with van der Waals surface area (Å²) in [7, 11) is -1.23. The van der Waals surface area contributed by atoms with Crippen molar-refractivity contribution in [3.8, 4) is 0 Å². The monoisotopic (exact) mass is 286 g/mol. The van der Waals surface area contributed by atoms with Crippen LogP contribution in [-0.2, 0) is 14.2 Å². The van der Waals surface area contributed by atoms with Crippen molar-refractivity contribution >= 4 is 8.07 Å². The first-order valence-corrected chi connectivity index (χ1v) is 10.8. The summed E-state index contributed by atoms with van der Waals surface area (Å²) in [5.41, 5.74) is 0.567. The maximum Gasteiger partial charge on any atom is 0.0816 e. The van der Waals surface area contributed by atoms with E-state index in [9.17, 15) is 0 Å². The molecule has 1 rings (SSSR count). The van der Waals surface area contributed by atoms with Crippen molar-refractivity contribution in [2.24, 2.45) is 0 Å². The summed E-state index contributed by atoms with van der Waals surface area (Å²) in [5.74, 6) is 0. The van der Waals surface area contributed by atoms with Gasteiger partial charge < -0.3 is 14.2 Å². The van der Waals surface area contributed by atoms with Crippen LogP contribution in [0, 0.1) is 0 Å². The van der Waals surface area contributed by atoms with Gasteiger partial charge >= 0.3 is 0 Å². The molecule has 112 valence electrons. The Morgan fingerprint density at radius 3 is 2.68 bits per heavy atom. The molecule has 1 fully saturated rings. The zero-order valence-electron chi connectivity index (χ0n) is 12.7. The van der Waals surface area contributed by atoms with Gasteiger partial charge in [-0.2, -0.15) is 0 Å². The van der Waals surface area contributed by atoms with Gasteiger partial charge in [-0.1, -0.05) is 25.2 Å². The second-order valence-corrected chi connectivity index (χ2v) is 11.0. The molecule has 0 radical (unpaired) electrons. The molecule has 19 heavy (non-hydrogen) atoms. The normalized spacial score (nSPS) is 20.4. The van der Waals surface area contributed by atoms with Crippen molar-refractivity contribution < 1.29 is 14.2 Å². The molecule has 0 aliphatic carbocycles. The van der Waals surface area contributed by atoms with E-state index in [1.54, 1.807) is 6.08 Å². The van der Waals surface area contributed by atoms with E-state index in [1.807, 2.05) is 0 Å². The Kier molecular flexibility index (Phi) is 8.62. The lowest BCUT2D eigenvalue weighted by Crippen LogP contribution is -2.45. The van der Waals surface area contributed by atoms with Gasteiger partial charge in [-0.3, -0.25) is 0 Å². The third-order valence-electron chi connectivity index (χ3n) is 3.77. The fraction of sp³-hybridized carbons (Fsp3) is 0.867. The molecule has 0 aromatic carbocycles.